The van der Waals surface area contributed by atoms with E-state index in [1.807, 2.05) is 30.5 Å². The van der Waals surface area contributed by atoms with Crippen molar-refractivity contribution in [3.63, 3.8) is 0 Å². The van der Waals surface area contributed by atoms with Gasteiger partial charge in [-0.15, -0.1) is 0 Å². The predicted molar refractivity (Wildman–Crippen MR) is 70.7 cm³/mol. The minimum Gasteiger partial charge on any atom is -0.285 e. The summed E-state index contributed by atoms with van der Waals surface area (Å²) < 4.78 is 1.53. The summed E-state index contributed by atoms with van der Waals surface area (Å²) in [4.78, 5) is 16.3. The highest BCUT2D eigenvalue weighted by molar-refractivity contribution is 5.96. The largest absolute Gasteiger partial charge is 0.285 e. The molecule has 5 heteroatoms. The molecule has 1 aromatic carbocycles. The number of hydrogen-bond donors (Lipinski definition) is 1. The Hall–Kier alpha value is -2.69. The SMILES string of the molecule is Cc1nccn1C(=O)c1ccc(-c2cn[nH]c2)cc1. The molecular formula is C14H12N4O. The first-order chi connectivity index (χ1) is 9.25. The van der Waals surface area contributed by atoms with Crippen LogP contribution in [0.1, 0.15) is 16.2 Å². The van der Waals surface area contributed by atoms with E-state index in [2.05, 4.69) is 15.2 Å². The predicted octanol–water partition coefficient (Wildman–Crippen LogP) is 2.27. The third-order valence-corrected chi connectivity index (χ3v) is 3.01. The Labute approximate surface area is 109 Å². The molecule has 0 fully saturated rings. The van der Waals surface area contributed by atoms with Crippen LogP contribution in [0.15, 0.2) is 49.1 Å². The Kier molecular flexibility index (Phi) is 2.72. The molecule has 0 bridgehead atoms. The number of aryl methyl sites for hydroxylation is 1. The van der Waals surface area contributed by atoms with Crippen molar-refractivity contribution in [2.24, 2.45) is 0 Å². The van der Waals surface area contributed by atoms with Crippen LogP contribution in [0, 0.1) is 6.92 Å². The van der Waals surface area contributed by atoms with E-state index in [9.17, 15) is 4.79 Å². The van der Waals surface area contributed by atoms with Crippen LogP contribution in [0.5, 0.6) is 0 Å². The number of aromatic nitrogens is 4. The number of nitrogens with zero attached hydrogens (tertiary/aromatic N) is 3. The number of hydrogen-bond acceptors (Lipinski definition) is 3. The number of rotatable bonds is 2. The Balaban J connectivity index is 1.91. The number of benzene rings is 1. The van der Waals surface area contributed by atoms with Gasteiger partial charge in [-0.1, -0.05) is 12.1 Å². The van der Waals surface area contributed by atoms with Gasteiger partial charge >= 0.3 is 0 Å². The maximum atomic E-state index is 12.2. The summed E-state index contributed by atoms with van der Waals surface area (Å²) in [5.41, 5.74) is 2.65. The molecule has 3 rings (SSSR count). The highest BCUT2D eigenvalue weighted by atomic mass is 16.2. The van der Waals surface area contributed by atoms with Crippen LogP contribution in [-0.4, -0.2) is 25.7 Å². The Morgan fingerprint density at radius 3 is 2.58 bits per heavy atom. The van der Waals surface area contributed by atoms with Crippen molar-refractivity contribution in [1.29, 1.82) is 0 Å². The van der Waals surface area contributed by atoms with Crippen LogP contribution in [0.2, 0.25) is 0 Å². The average molecular weight is 252 g/mol. The molecule has 0 aliphatic carbocycles. The molecule has 94 valence electrons. The Morgan fingerprint density at radius 1 is 1.21 bits per heavy atom. The molecule has 0 atom stereocenters. The molecule has 0 radical (unpaired) electrons. The van der Waals surface area contributed by atoms with Gasteiger partial charge in [-0.2, -0.15) is 5.10 Å². The maximum absolute atomic E-state index is 12.2. The number of carbonyl (C=O) groups is 1. The van der Waals surface area contributed by atoms with Crippen LogP contribution in [-0.2, 0) is 0 Å². The van der Waals surface area contributed by atoms with Crippen molar-refractivity contribution in [2.45, 2.75) is 6.92 Å². The molecule has 0 unspecified atom stereocenters. The van der Waals surface area contributed by atoms with Gasteiger partial charge in [0.05, 0.1) is 6.20 Å². The molecule has 19 heavy (non-hydrogen) atoms. The lowest BCUT2D eigenvalue weighted by molar-refractivity contribution is 0.0957. The van der Waals surface area contributed by atoms with E-state index in [1.165, 1.54) is 4.57 Å². The lowest BCUT2D eigenvalue weighted by Crippen LogP contribution is -2.12. The zero-order valence-corrected chi connectivity index (χ0v) is 10.4. The average Bonchev–Trinajstić information content (AvgIpc) is 3.09. The van der Waals surface area contributed by atoms with E-state index in [-0.39, 0.29) is 5.91 Å². The van der Waals surface area contributed by atoms with Gasteiger partial charge in [0.25, 0.3) is 5.91 Å². The van der Waals surface area contributed by atoms with Gasteiger partial charge in [0.1, 0.15) is 5.82 Å². The second kappa shape index (κ2) is 4.53. The van der Waals surface area contributed by atoms with Gasteiger partial charge < -0.3 is 0 Å². The first kappa shape index (κ1) is 11.4. The number of nitrogens with one attached hydrogen (secondary N) is 1. The van der Waals surface area contributed by atoms with Crippen LogP contribution in [0.3, 0.4) is 0 Å². The zero-order chi connectivity index (χ0) is 13.2. The molecule has 5 nitrogen and oxygen atoms in total. The maximum Gasteiger partial charge on any atom is 0.263 e. The van der Waals surface area contributed by atoms with Crippen molar-refractivity contribution >= 4 is 5.91 Å². The number of aromatic amines is 1. The fourth-order valence-corrected chi connectivity index (χ4v) is 1.95. The lowest BCUT2D eigenvalue weighted by atomic mass is 10.1. The number of H-pyrrole nitrogens is 1. The third kappa shape index (κ3) is 2.06. The zero-order valence-electron chi connectivity index (χ0n) is 10.4. The number of carbonyl (C=O) groups excluding carboxylic acids is 1. The van der Waals surface area contributed by atoms with E-state index in [0.29, 0.717) is 11.4 Å². The van der Waals surface area contributed by atoms with Crippen LogP contribution in [0.25, 0.3) is 11.1 Å². The minimum absolute atomic E-state index is 0.0752. The number of imidazole rings is 1. The van der Waals surface area contributed by atoms with Gasteiger partial charge in [0.2, 0.25) is 0 Å². The summed E-state index contributed by atoms with van der Waals surface area (Å²) in [7, 11) is 0. The molecular weight excluding hydrogens is 240 g/mol. The van der Waals surface area contributed by atoms with Crippen molar-refractivity contribution in [3.05, 3.63) is 60.4 Å². The minimum atomic E-state index is -0.0752. The molecule has 0 saturated carbocycles. The summed E-state index contributed by atoms with van der Waals surface area (Å²) in [5.74, 6) is 0.609. The second-order valence-corrected chi connectivity index (χ2v) is 4.21. The monoisotopic (exact) mass is 252 g/mol. The summed E-state index contributed by atoms with van der Waals surface area (Å²) in [6, 6.07) is 7.43. The molecule has 1 N–H and O–H groups in total. The van der Waals surface area contributed by atoms with Crippen LogP contribution in [0.4, 0.5) is 0 Å². The summed E-state index contributed by atoms with van der Waals surface area (Å²) in [6.45, 7) is 1.80. The van der Waals surface area contributed by atoms with Gasteiger partial charge in [0, 0.05) is 29.7 Å². The molecule has 3 aromatic rings. The van der Waals surface area contributed by atoms with E-state index in [4.69, 9.17) is 0 Å². The van der Waals surface area contributed by atoms with E-state index >= 15 is 0 Å². The van der Waals surface area contributed by atoms with Crippen molar-refractivity contribution in [2.75, 3.05) is 0 Å². The van der Waals surface area contributed by atoms with Crippen molar-refractivity contribution in [1.82, 2.24) is 19.7 Å². The smallest absolute Gasteiger partial charge is 0.263 e. The fourth-order valence-electron chi connectivity index (χ4n) is 1.95. The Bertz CT molecular complexity index is 695. The van der Waals surface area contributed by atoms with Gasteiger partial charge in [-0.3, -0.25) is 14.5 Å². The summed E-state index contributed by atoms with van der Waals surface area (Å²) >= 11 is 0. The summed E-state index contributed by atoms with van der Waals surface area (Å²) in [5, 5.41) is 6.67. The molecule has 0 aliphatic heterocycles. The highest BCUT2D eigenvalue weighted by Gasteiger charge is 2.10. The second-order valence-electron chi connectivity index (χ2n) is 4.21. The molecule has 0 aliphatic rings. The lowest BCUT2D eigenvalue weighted by Gasteiger charge is -2.04. The van der Waals surface area contributed by atoms with Crippen LogP contribution >= 0.6 is 0 Å². The quantitative estimate of drug-likeness (QED) is 0.761. The topological polar surface area (TPSA) is 63.6 Å². The van der Waals surface area contributed by atoms with E-state index in [0.717, 1.165) is 11.1 Å². The Morgan fingerprint density at radius 2 is 2.00 bits per heavy atom. The summed E-state index contributed by atoms with van der Waals surface area (Å²) in [6.07, 6.45) is 6.85. The van der Waals surface area contributed by atoms with Gasteiger partial charge in [0.15, 0.2) is 0 Å². The van der Waals surface area contributed by atoms with Crippen LogP contribution < -0.4 is 0 Å². The first-order valence-corrected chi connectivity index (χ1v) is 5.89. The van der Waals surface area contributed by atoms with Crippen molar-refractivity contribution in [3.8, 4) is 11.1 Å². The fraction of sp³-hybridized carbons (Fsp3) is 0.0714. The molecule has 0 spiro atoms. The van der Waals surface area contributed by atoms with Gasteiger partial charge in [-0.25, -0.2) is 4.98 Å². The van der Waals surface area contributed by atoms with E-state index in [1.54, 1.807) is 25.5 Å². The van der Waals surface area contributed by atoms with E-state index < -0.39 is 0 Å². The molecule has 0 saturated heterocycles. The molecule has 0 amide bonds. The third-order valence-electron chi connectivity index (χ3n) is 3.01. The highest BCUT2D eigenvalue weighted by Crippen LogP contribution is 2.18. The standard InChI is InChI=1S/C14H12N4O/c1-10-15-6-7-18(10)14(19)12-4-2-11(3-5-12)13-8-16-17-9-13/h2-9H,1H3,(H,16,17). The molecule has 2 aromatic heterocycles. The first-order valence-electron chi connectivity index (χ1n) is 5.89. The normalized spacial score (nSPS) is 10.6. The van der Waals surface area contributed by atoms with Crippen molar-refractivity contribution < 1.29 is 4.79 Å². The van der Waals surface area contributed by atoms with Gasteiger partial charge in [-0.05, 0) is 24.6 Å². The molecule has 2 heterocycles.